The number of nitrogens with one attached hydrogen (secondary N) is 1. The number of carbonyl (C=O) groups excluding carboxylic acids is 1. The number of aryl methyl sites for hydroxylation is 1. The molecule has 7 heteroatoms. The van der Waals surface area contributed by atoms with Crippen molar-refractivity contribution in [2.24, 2.45) is 0 Å². The van der Waals surface area contributed by atoms with E-state index in [9.17, 15) is 13.2 Å². The van der Waals surface area contributed by atoms with Gasteiger partial charge in [0.25, 0.3) is 0 Å². The van der Waals surface area contributed by atoms with Crippen molar-refractivity contribution in [3.63, 3.8) is 0 Å². The van der Waals surface area contributed by atoms with Crippen molar-refractivity contribution < 1.29 is 13.2 Å². The van der Waals surface area contributed by atoms with Gasteiger partial charge in [-0.1, -0.05) is 41.9 Å². The second-order valence-corrected chi connectivity index (χ2v) is 8.70. The molecule has 2 rings (SSSR count). The first-order chi connectivity index (χ1) is 12.9. The first kappa shape index (κ1) is 21.3. The Kier molecular flexibility index (Phi) is 8.13. The van der Waals surface area contributed by atoms with Gasteiger partial charge in [0.05, 0.1) is 11.9 Å². The van der Waals surface area contributed by atoms with Gasteiger partial charge in [-0.25, -0.2) is 8.42 Å². The van der Waals surface area contributed by atoms with Gasteiger partial charge in [0, 0.05) is 24.5 Å². The molecule has 5 nitrogen and oxygen atoms in total. The summed E-state index contributed by atoms with van der Waals surface area (Å²) in [6.45, 7) is 0.872. The Morgan fingerprint density at radius 3 is 2.33 bits per heavy atom. The average Bonchev–Trinajstić information content (AvgIpc) is 2.63. The van der Waals surface area contributed by atoms with Crippen LogP contribution in [0.4, 0.5) is 5.69 Å². The number of benzene rings is 2. The SMILES string of the molecule is CS(=O)(=O)N(CCCC(=O)NCCCc1ccc(Cl)cc1)c1ccccc1. The summed E-state index contributed by atoms with van der Waals surface area (Å²) in [4.78, 5) is 12.0. The minimum absolute atomic E-state index is 0.0624. The Hall–Kier alpha value is -2.05. The summed E-state index contributed by atoms with van der Waals surface area (Å²) in [5.41, 5.74) is 1.80. The van der Waals surface area contributed by atoms with E-state index >= 15 is 0 Å². The molecule has 0 spiro atoms. The highest BCUT2D eigenvalue weighted by Gasteiger charge is 2.17. The lowest BCUT2D eigenvalue weighted by Crippen LogP contribution is -2.32. The number of hydrogen-bond donors (Lipinski definition) is 1. The van der Waals surface area contributed by atoms with Gasteiger partial charge >= 0.3 is 0 Å². The second kappa shape index (κ2) is 10.3. The van der Waals surface area contributed by atoms with Gasteiger partial charge in [-0.05, 0) is 49.1 Å². The fraction of sp³-hybridized carbons (Fsp3) is 0.350. The van der Waals surface area contributed by atoms with Crippen LogP contribution in [-0.4, -0.2) is 33.7 Å². The van der Waals surface area contributed by atoms with Crippen LogP contribution in [0.5, 0.6) is 0 Å². The molecule has 1 amide bonds. The van der Waals surface area contributed by atoms with Crippen LogP contribution < -0.4 is 9.62 Å². The molecular formula is C20H25ClN2O3S. The van der Waals surface area contributed by atoms with Crippen molar-refractivity contribution in [2.45, 2.75) is 25.7 Å². The van der Waals surface area contributed by atoms with Crippen LogP contribution in [0.15, 0.2) is 54.6 Å². The maximum absolute atomic E-state index is 12.0. The highest BCUT2D eigenvalue weighted by Crippen LogP contribution is 2.17. The molecule has 0 aliphatic rings. The molecule has 146 valence electrons. The van der Waals surface area contributed by atoms with Gasteiger partial charge in [-0.3, -0.25) is 9.10 Å². The molecule has 0 saturated heterocycles. The van der Waals surface area contributed by atoms with Crippen LogP contribution in [-0.2, 0) is 21.2 Å². The lowest BCUT2D eigenvalue weighted by Gasteiger charge is -2.22. The van der Waals surface area contributed by atoms with E-state index in [2.05, 4.69) is 5.32 Å². The predicted octanol–water partition coefficient (Wildman–Crippen LogP) is 3.64. The third kappa shape index (κ3) is 7.61. The summed E-state index contributed by atoms with van der Waals surface area (Å²) in [6, 6.07) is 16.6. The molecule has 27 heavy (non-hydrogen) atoms. The van der Waals surface area contributed by atoms with Gasteiger partial charge in [0.15, 0.2) is 0 Å². The van der Waals surface area contributed by atoms with Crippen LogP contribution in [0.3, 0.4) is 0 Å². The maximum Gasteiger partial charge on any atom is 0.232 e. The van der Waals surface area contributed by atoms with Gasteiger partial charge in [-0.2, -0.15) is 0 Å². The van der Waals surface area contributed by atoms with E-state index in [1.54, 1.807) is 24.3 Å². The number of amides is 1. The van der Waals surface area contributed by atoms with E-state index < -0.39 is 10.0 Å². The molecule has 1 N–H and O–H groups in total. The molecule has 0 radical (unpaired) electrons. The Balaban J connectivity index is 1.70. The fourth-order valence-corrected chi connectivity index (χ4v) is 3.82. The molecule has 2 aromatic rings. The quantitative estimate of drug-likeness (QED) is 0.610. The van der Waals surface area contributed by atoms with Crippen LogP contribution in [0.25, 0.3) is 0 Å². The number of sulfonamides is 1. The van der Waals surface area contributed by atoms with Crippen molar-refractivity contribution in [1.82, 2.24) is 5.32 Å². The first-order valence-electron chi connectivity index (χ1n) is 8.90. The Morgan fingerprint density at radius 1 is 1.04 bits per heavy atom. The molecule has 0 bridgehead atoms. The second-order valence-electron chi connectivity index (χ2n) is 6.35. The first-order valence-corrected chi connectivity index (χ1v) is 11.1. The molecule has 0 atom stereocenters. The van der Waals surface area contributed by atoms with E-state index in [0.29, 0.717) is 30.1 Å². The molecular weight excluding hydrogens is 384 g/mol. The molecule has 0 aromatic heterocycles. The number of anilines is 1. The number of halogens is 1. The van der Waals surface area contributed by atoms with Gasteiger partial charge in [-0.15, -0.1) is 0 Å². The summed E-state index contributed by atoms with van der Waals surface area (Å²) in [7, 11) is -3.38. The number of hydrogen-bond acceptors (Lipinski definition) is 3. The highest BCUT2D eigenvalue weighted by molar-refractivity contribution is 7.92. The Morgan fingerprint density at radius 2 is 1.70 bits per heavy atom. The zero-order valence-corrected chi connectivity index (χ0v) is 17.0. The smallest absolute Gasteiger partial charge is 0.232 e. The topological polar surface area (TPSA) is 66.5 Å². The van der Waals surface area contributed by atoms with Crippen molar-refractivity contribution in [1.29, 1.82) is 0 Å². The standard InChI is InChI=1S/C20H25ClN2O3S/c1-27(25,26)23(19-8-3-2-4-9-19)16-6-10-20(24)22-15-5-7-17-11-13-18(21)14-12-17/h2-4,8-9,11-14H,5-7,10,15-16H2,1H3,(H,22,24). The lowest BCUT2D eigenvalue weighted by atomic mass is 10.1. The number of rotatable bonds is 10. The summed E-state index contributed by atoms with van der Waals surface area (Å²) >= 11 is 5.85. The van der Waals surface area contributed by atoms with Crippen molar-refractivity contribution in [2.75, 3.05) is 23.7 Å². The molecule has 0 saturated carbocycles. The van der Waals surface area contributed by atoms with Gasteiger partial charge < -0.3 is 5.32 Å². The molecule has 2 aromatic carbocycles. The predicted molar refractivity (Wildman–Crippen MR) is 111 cm³/mol. The Bertz CT molecular complexity index is 824. The van der Waals surface area contributed by atoms with Crippen LogP contribution >= 0.6 is 11.6 Å². The van der Waals surface area contributed by atoms with Crippen molar-refractivity contribution >= 4 is 33.2 Å². The molecule has 0 aliphatic heterocycles. The van der Waals surface area contributed by atoms with E-state index in [1.165, 1.54) is 16.1 Å². The lowest BCUT2D eigenvalue weighted by molar-refractivity contribution is -0.121. The maximum atomic E-state index is 12.0. The van der Waals surface area contributed by atoms with E-state index in [-0.39, 0.29) is 12.5 Å². The van der Waals surface area contributed by atoms with Crippen molar-refractivity contribution in [3.05, 3.63) is 65.2 Å². The summed E-state index contributed by atoms with van der Waals surface area (Å²) in [5, 5.41) is 3.60. The Labute approximate surface area is 166 Å². The number of para-hydroxylation sites is 1. The largest absolute Gasteiger partial charge is 0.356 e. The highest BCUT2D eigenvalue weighted by atomic mass is 35.5. The van der Waals surface area contributed by atoms with E-state index in [4.69, 9.17) is 11.6 Å². The third-order valence-corrected chi connectivity index (χ3v) is 5.53. The summed E-state index contributed by atoms with van der Waals surface area (Å²) < 4.78 is 25.3. The number of nitrogens with zero attached hydrogens (tertiary/aromatic N) is 1. The molecule has 0 aliphatic carbocycles. The van der Waals surface area contributed by atoms with Crippen LogP contribution in [0, 0.1) is 0 Å². The van der Waals surface area contributed by atoms with E-state index in [0.717, 1.165) is 12.8 Å². The van der Waals surface area contributed by atoms with Crippen LogP contribution in [0.2, 0.25) is 5.02 Å². The third-order valence-electron chi connectivity index (χ3n) is 4.09. The minimum atomic E-state index is -3.38. The zero-order chi connectivity index (χ0) is 19.7. The van der Waals surface area contributed by atoms with Gasteiger partial charge in [0.1, 0.15) is 0 Å². The molecule has 0 heterocycles. The zero-order valence-electron chi connectivity index (χ0n) is 15.4. The molecule has 0 fully saturated rings. The van der Waals surface area contributed by atoms with Gasteiger partial charge in [0.2, 0.25) is 15.9 Å². The van der Waals surface area contributed by atoms with Crippen molar-refractivity contribution in [3.8, 4) is 0 Å². The summed E-state index contributed by atoms with van der Waals surface area (Å²) in [5.74, 6) is -0.0624. The summed E-state index contributed by atoms with van der Waals surface area (Å²) in [6.07, 6.45) is 3.64. The fourth-order valence-electron chi connectivity index (χ4n) is 2.72. The van der Waals surface area contributed by atoms with E-state index in [1.807, 2.05) is 30.3 Å². The van der Waals surface area contributed by atoms with Crippen LogP contribution in [0.1, 0.15) is 24.8 Å². The molecule has 0 unspecified atom stereocenters. The number of carbonyl (C=O) groups is 1. The monoisotopic (exact) mass is 408 g/mol. The minimum Gasteiger partial charge on any atom is -0.356 e. The normalized spacial score (nSPS) is 11.2. The average molecular weight is 409 g/mol.